The van der Waals surface area contributed by atoms with Gasteiger partial charge in [0.1, 0.15) is 5.69 Å². The topological polar surface area (TPSA) is 104 Å². The van der Waals surface area contributed by atoms with Crippen LogP contribution in [0.2, 0.25) is 0 Å². The lowest BCUT2D eigenvalue weighted by Crippen LogP contribution is -2.50. The number of fused-ring (bicyclic) bond motifs is 2. The van der Waals surface area contributed by atoms with Crippen molar-refractivity contribution in [2.24, 2.45) is 11.7 Å². The summed E-state index contributed by atoms with van der Waals surface area (Å²) in [7, 11) is 2.17. The molecule has 2 aliphatic rings. The average molecular weight is 427 g/mol. The van der Waals surface area contributed by atoms with Crippen molar-refractivity contribution in [3.63, 3.8) is 0 Å². The predicted molar refractivity (Wildman–Crippen MR) is 123 cm³/mol. The summed E-state index contributed by atoms with van der Waals surface area (Å²) in [6.45, 7) is 0.810. The first-order valence-electron chi connectivity index (χ1n) is 11.2. The van der Waals surface area contributed by atoms with Crippen molar-refractivity contribution in [1.29, 1.82) is 0 Å². The van der Waals surface area contributed by atoms with Crippen molar-refractivity contribution in [3.05, 3.63) is 71.7 Å². The van der Waals surface area contributed by atoms with Crippen LogP contribution < -0.4 is 5.73 Å². The molecular weight excluding hydrogens is 400 g/mol. The maximum atomic E-state index is 12.7. The standard InChI is InChI=1S/C25H26N6O/c1-31-13-15(10-17-16-4-2-5-20-23(16)14(12-28-20)11-22(17)31)24(25(26)32)21-8-7-19(29-30-21)18-6-3-9-27-18/h2-9,12,15,17,22,24,27-28H,10-11,13H2,1H3,(H2,26,32)/t15-,17-,22-,24?/m1/s1. The van der Waals surface area contributed by atoms with Crippen LogP contribution in [0, 0.1) is 5.92 Å². The molecule has 7 heteroatoms. The molecule has 1 aliphatic carbocycles. The van der Waals surface area contributed by atoms with Gasteiger partial charge in [0.05, 0.1) is 17.3 Å². The largest absolute Gasteiger partial charge is 0.369 e. The van der Waals surface area contributed by atoms with Crippen molar-refractivity contribution < 1.29 is 4.79 Å². The summed E-state index contributed by atoms with van der Waals surface area (Å²) >= 11 is 0. The van der Waals surface area contributed by atoms with Crippen molar-refractivity contribution in [2.45, 2.75) is 30.7 Å². The van der Waals surface area contributed by atoms with Gasteiger partial charge in [0.2, 0.25) is 5.91 Å². The summed E-state index contributed by atoms with van der Waals surface area (Å²) < 4.78 is 0. The lowest BCUT2D eigenvalue weighted by atomic mass is 9.69. The van der Waals surface area contributed by atoms with E-state index in [9.17, 15) is 4.79 Å². The second-order valence-electron chi connectivity index (χ2n) is 9.20. The van der Waals surface area contributed by atoms with Gasteiger partial charge in [-0.2, -0.15) is 5.10 Å². The highest BCUT2D eigenvalue weighted by Gasteiger charge is 2.43. The number of primary amides is 1. The number of rotatable bonds is 4. The van der Waals surface area contributed by atoms with E-state index in [-0.39, 0.29) is 11.8 Å². The Labute approximate surface area is 186 Å². The van der Waals surface area contributed by atoms with Crippen LogP contribution in [0.15, 0.2) is 54.9 Å². The first-order chi connectivity index (χ1) is 15.6. The number of hydrogen-bond acceptors (Lipinski definition) is 4. The zero-order chi connectivity index (χ0) is 21.8. The Kier molecular flexibility index (Phi) is 4.40. The molecule has 0 bridgehead atoms. The van der Waals surface area contributed by atoms with Crippen LogP contribution in [0.1, 0.15) is 35.1 Å². The Morgan fingerprint density at radius 1 is 1.16 bits per heavy atom. The number of nitrogens with zero attached hydrogens (tertiary/aromatic N) is 3. The van der Waals surface area contributed by atoms with E-state index in [1.54, 1.807) is 0 Å². The number of hydrogen-bond donors (Lipinski definition) is 3. The monoisotopic (exact) mass is 426 g/mol. The first kappa shape index (κ1) is 19.3. The SMILES string of the molecule is CN1C[C@H](C(C(N)=O)c2ccc(-c3ccc[nH]3)nn2)C[C@@H]2c3cccc4[nH]cc(c34)C[C@H]21. The second kappa shape index (κ2) is 7.31. The molecule has 6 rings (SSSR count). The number of likely N-dealkylation sites (N-methyl/N-ethyl adjacent to an activating group) is 1. The zero-order valence-electron chi connectivity index (χ0n) is 18.0. The molecule has 1 aliphatic heterocycles. The van der Waals surface area contributed by atoms with Crippen LogP contribution in [0.3, 0.4) is 0 Å². The Balaban J connectivity index is 1.34. The van der Waals surface area contributed by atoms with E-state index in [0.29, 0.717) is 17.7 Å². The number of aromatic amines is 2. The van der Waals surface area contributed by atoms with Gasteiger partial charge in [-0.25, -0.2) is 0 Å². The number of amides is 1. The van der Waals surface area contributed by atoms with E-state index in [1.807, 2.05) is 30.5 Å². The molecule has 0 saturated carbocycles. The highest BCUT2D eigenvalue weighted by molar-refractivity contribution is 5.88. The van der Waals surface area contributed by atoms with Gasteiger partial charge in [0.25, 0.3) is 0 Å². The number of benzene rings is 1. The quantitative estimate of drug-likeness (QED) is 0.466. The number of piperidine rings is 1. The molecule has 4 aromatic rings. The normalized spacial score (nSPS) is 23.7. The minimum atomic E-state index is -0.463. The van der Waals surface area contributed by atoms with Crippen molar-refractivity contribution in [1.82, 2.24) is 25.1 Å². The summed E-state index contributed by atoms with van der Waals surface area (Å²) in [6, 6.07) is 14.6. The van der Waals surface area contributed by atoms with Gasteiger partial charge in [-0.3, -0.25) is 4.79 Å². The van der Waals surface area contributed by atoms with Gasteiger partial charge >= 0.3 is 0 Å². The van der Waals surface area contributed by atoms with Gasteiger partial charge < -0.3 is 20.6 Å². The maximum absolute atomic E-state index is 12.7. The number of H-pyrrole nitrogens is 2. The van der Waals surface area contributed by atoms with Gasteiger partial charge in [0, 0.05) is 41.8 Å². The van der Waals surface area contributed by atoms with Crippen LogP contribution in [0.25, 0.3) is 22.3 Å². The molecule has 7 nitrogen and oxygen atoms in total. The molecule has 0 radical (unpaired) electrons. The van der Waals surface area contributed by atoms with Gasteiger partial charge in [-0.15, -0.1) is 5.10 Å². The first-order valence-corrected chi connectivity index (χ1v) is 11.2. The second-order valence-corrected chi connectivity index (χ2v) is 9.20. The van der Waals surface area contributed by atoms with E-state index in [0.717, 1.165) is 30.8 Å². The molecule has 4 atom stereocenters. The average Bonchev–Trinajstić information content (AvgIpc) is 3.47. The smallest absolute Gasteiger partial charge is 0.226 e. The fourth-order valence-electron chi connectivity index (χ4n) is 5.99. The lowest BCUT2D eigenvalue weighted by Gasteiger charge is -2.46. The fraction of sp³-hybridized carbons (Fsp3) is 0.320. The van der Waals surface area contributed by atoms with Crippen LogP contribution in [0.4, 0.5) is 0 Å². The number of aromatic nitrogens is 4. The third kappa shape index (κ3) is 2.96. The Bertz CT molecular complexity index is 1280. The van der Waals surface area contributed by atoms with Crippen LogP contribution >= 0.6 is 0 Å². The van der Waals surface area contributed by atoms with Crippen LogP contribution in [-0.4, -0.2) is 50.6 Å². The van der Waals surface area contributed by atoms with E-state index in [1.165, 1.54) is 22.0 Å². The van der Waals surface area contributed by atoms with Crippen molar-refractivity contribution in [3.8, 4) is 11.4 Å². The van der Waals surface area contributed by atoms with Gasteiger partial charge in [-0.1, -0.05) is 12.1 Å². The van der Waals surface area contributed by atoms with E-state index in [4.69, 9.17) is 5.73 Å². The molecule has 1 amide bonds. The lowest BCUT2D eigenvalue weighted by molar-refractivity contribution is -0.121. The Morgan fingerprint density at radius 2 is 2.06 bits per heavy atom. The summed E-state index contributed by atoms with van der Waals surface area (Å²) in [4.78, 5) is 21.6. The number of nitrogens with two attached hydrogens (primary N) is 1. The molecule has 3 aromatic heterocycles. The van der Waals surface area contributed by atoms with Crippen LogP contribution in [0.5, 0.6) is 0 Å². The highest BCUT2D eigenvalue weighted by atomic mass is 16.1. The zero-order valence-corrected chi connectivity index (χ0v) is 18.0. The molecule has 1 saturated heterocycles. The van der Waals surface area contributed by atoms with E-state index in [2.05, 4.69) is 56.5 Å². The number of nitrogens with one attached hydrogen (secondary N) is 2. The number of likely N-dealkylation sites (tertiary alicyclic amines) is 1. The van der Waals surface area contributed by atoms with Crippen LogP contribution in [-0.2, 0) is 11.2 Å². The molecule has 1 aromatic carbocycles. The van der Waals surface area contributed by atoms with E-state index < -0.39 is 5.92 Å². The molecule has 4 heterocycles. The molecule has 1 fully saturated rings. The summed E-state index contributed by atoms with van der Waals surface area (Å²) in [5.41, 5.74) is 12.2. The summed E-state index contributed by atoms with van der Waals surface area (Å²) in [5, 5.41) is 10.2. The maximum Gasteiger partial charge on any atom is 0.226 e. The Hall–Kier alpha value is -3.45. The fourth-order valence-corrected chi connectivity index (χ4v) is 5.99. The number of carbonyl (C=O) groups excluding carboxylic acids is 1. The molecule has 4 N–H and O–H groups in total. The third-order valence-corrected chi connectivity index (χ3v) is 7.41. The van der Waals surface area contributed by atoms with Gasteiger partial charge in [0.15, 0.2) is 0 Å². The van der Waals surface area contributed by atoms with Crippen molar-refractivity contribution in [2.75, 3.05) is 13.6 Å². The molecule has 162 valence electrons. The molecule has 1 unspecified atom stereocenters. The van der Waals surface area contributed by atoms with E-state index >= 15 is 0 Å². The molecular formula is C25H26N6O. The third-order valence-electron chi connectivity index (χ3n) is 7.41. The highest BCUT2D eigenvalue weighted by Crippen LogP contribution is 2.46. The van der Waals surface area contributed by atoms with Gasteiger partial charge in [-0.05, 0) is 67.3 Å². The van der Waals surface area contributed by atoms with Crippen molar-refractivity contribution >= 4 is 16.8 Å². The number of carbonyl (C=O) groups is 1. The molecule has 32 heavy (non-hydrogen) atoms. The Morgan fingerprint density at radius 3 is 2.81 bits per heavy atom. The summed E-state index contributed by atoms with van der Waals surface area (Å²) in [5.74, 6) is -0.352. The minimum Gasteiger partial charge on any atom is -0.369 e. The molecule has 0 spiro atoms. The predicted octanol–water partition coefficient (Wildman–Crippen LogP) is 3.18. The minimum absolute atomic E-state index is 0.0835. The summed E-state index contributed by atoms with van der Waals surface area (Å²) in [6.07, 6.45) is 5.94.